The van der Waals surface area contributed by atoms with Crippen molar-refractivity contribution in [3.8, 4) is 5.75 Å². The van der Waals surface area contributed by atoms with Crippen LogP contribution in [0.25, 0.3) is 0 Å². The Morgan fingerprint density at radius 3 is 2.39 bits per heavy atom. The minimum Gasteiger partial charge on any atom is -0.492 e. The maximum absolute atomic E-state index is 12.7. The van der Waals surface area contributed by atoms with Crippen LogP contribution >= 0.6 is 22.6 Å². The van der Waals surface area contributed by atoms with Crippen molar-refractivity contribution in [2.45, 2.75) is 37.8 Å². The lowest BCUT2D eigenvalue weighted by molar-refractivity contribution is 0.337. The number of nitrogens with one attached hydrogen (secondary N) is 2. The maximum Gasteiger partial charge on any atom is 0.261 e. The highest BCUT2D eigenvalue weighted by Crippen LogP contribution is 2.33. The first-order valence-electron chi connectivity index (χ1n) is 9.34. The minimum absolute atomic E-state index is 0.243. The number of piperazine rings is 1. The van der Waals surface area contributed by atoms with Crippen molar-refractivity contribution in [2.24, 2.45) is 0 Å². The Kier molecular flexibility index (Phi) is 6.72. The summed E-state index contributed by atoms with van der Waals surface area (Å²) < 4.78 is 35.0. The molecule has 1 aliphatic heterocycles. The molecule has 6 nitrogen and oxygen atoms in total. The van der Waals surface area contributed by atoms with Crippen LogP contribution in [0.5, 0.6) is 5.75 Å². The van der Waals surface area contributed by atoms with E-state index in [4.69, 9.17) is 4.74 Å². The van der Waals surface area contributed by atoms with Crippen molar-refractivity contribution in [3.63, 3.8) is 0 Å². The number of ether oxygens (including phenoxy) is 1. The summed E-state index contributed by atoms with van der Waals surface area (Å²) in [6.45, 7) is 8.45. The van der Waals surface area contributed by atoms with Gasteiger partial charge in [-0.25, -0.2) is 8.42 Å². The smallest absolute Gasteiger partial charge is 0.261 e. The number of hydrogen-bond donors (Lipinski definition) is 2. The molecular formula is C20H26IN3O3S. The summed E-state index contributed by atoms with van der Waals surface area (Å²) >= 11 is 2.15. The molecule has 2 unspecified atom stereocenters. The first-order chi connectivity index (χ1) is 13.3. The second-order valence-electron chi connectivity index (χ2n) is 7.05. The van der Waals surface area contributed by atoms with Gasteiger partial charge in [-0.2, -0.15) is 0 Å². The summed E-state index contributed by atoms with van der Waals surface area (Å²) in [6, 6.07) is 12.9. The van der Waals surface area contributed by atoms with Gasteiger partial charge in [0.1, 0.15) is 5.75 Å². The lowest BCUT2D eigenvalue weighted by atomic mass is 10.1. The number of anilines is 2. The summed E-state index contributed by atoms with van der Waals surface area (Å²) in [6.07, 6.45) is 0. The number of benzene rings is 2. The van der Waals surface area contributed by atoms with Crippen LogP contribution in [-0.2, 0) is 10.0 Å². The Labute approximate surface area is 180 Å². The molecule has 0 spiro atoms. The molecule has 2 aromatic carbocycles. The van der Waals surface area contributed by atoms with Crippen molar-refractivity contribution < 1.29 is 13.2 Å². The molecule has 152 valence electrons. The Bertz CT molecular complexity index is 909. The number of rotatable bonds is 6. The van der Waals surface area contributed by atoms with E-state index >= 15 is 0 Å². The van der Waals surface area contributed by atoms with Crippen LogP contribution in [0.1, 0.15) is 20.8 Å². The fourth-order valence-corrected chi connectivity index (χ4v) is 4.87. The molecule has 3 rings (SSSR count). The third-order valence-corrected chi connectivity index (χ3v) is 6.65. The molecule has 2 N–H and O–H groups in total. The van der Waals surface area contributed by atoms with Crippen LogP contribution < -0.4 is 19.7 Å². The quantitative estimate of drug-likeness (QED) is 0.575. The molecule has 0 bridgehead atoms. The monoisotopic (exact) mass is 515 g/mol. The van der Waals surface area contributed by atoms with Gasteiger partial charge in [0.2, 0.25) is 0 Å². The average Bonchev–Trinajstić information content (AvgIpc) is 2.62. The van der Waals surface area contributed by atoms with Gasteiger partial charge in [-0.1, -0.05) is 0 Å². The van der Waals surface area contributed by atoms with E-state index < -0.39 is 10.0 Å². The molecule has 1 fully saturated rings. The van der Waals surface area contributed by atoms with Crippen LogP contribution in [0.2, 0.25) is 0 Å². The van der Waals surface area contributed by atoms with E-state index in [1.54, 1.807) is 30.3 Å². The molecule has 1 saturated heterocycles. The van der Waals surface area contributed by atoms with Gasteiger partial charge < -0.3 is 15.0 Å². The zero-order valence-corrected chi connectivity index (χ0v) is 19.2. The second kappa shape index (κ2) is 8.87. The van der Waals surface area contributed by atoms with Crippen molar-refractivity contribution >= 4 is 44.0 Å². The van der Waals surface area contributed by atoms with Crippen LogP contribution in [0.3, 0.4) is 0 Å². The highest BCUT2D eigenvalue weighted by molar-refractivity contribution is 14.1. The summed E-state index contributed by atoms with van der Waals surface area (Å²) in [5, 5.41) is 3.51. The average molecular weight is 515 g/mol. The molecular weight excluding hydrogens is 489 g/mol. The van der Waals surface area contributed by atoms with Gasteiger partial charge in [-0.05, 0) is 85.8 Å². The topological polar surface area (TPSA) is 70.7 Å². The summed E-state index contributed by atoms with van der Waals surface area (Å²) in [7, 11) is -3.65. The molecule has 0 aliphatic carbocycles. The normalized spacial score (nSPS) is 20.1. The van der Waals surface area contributed by atoms with Gasteiger partial charge in [-0.15, -0.1) is 0 Å². The maximum atomic E-state index is 12.7. The first-order valence-corrected chi connectivity index (χ1v) is 11.9. The van der Waals surface area contributed by atoms with Crippen molar-refractivity contribution in [1.82, 2.24) is 5.32 Å². The first kappa shape index (κ1) is 21.2. The Balaban J connectivity index is 1.91. The van der Waals surface area contributed by atoms with Crippen LogP contribution in [0.15, 0.2) is 47.4 Å². The van der Waals surface area contributed by atoms with Crippen LogP contribution in [0, 0.1) is 3.57 Å². The van der Waals surface area contributed by atoms with E-state index in [1.165, 1.54) is 0 Å². The van der Waals surface area contributed by atoms with Crippen molar-refractivity contribution in [3.05, 3.63) is 46.0 Å². The SMILES string of the molecule is CCOc1ccc(NS(=O)(=O)c2ccc(I)cc2)cc1N1CC(C)NC(C)C1. The molecule has 28 heavy (non-hydrogen) atoms. The molecule has 2 aromatic rings. The van der Waals surface area contributed by atoms with Gasteiger partial charge in [0.15, 0.2) is 0 Å². The fraction of sp³-hybridized carbons (Fsp3) is 0.400. The van der Waals surface area contributed by atoms with Gasteiger partial charge in [0, 0.05) is 28.7 Å². The van der Waals surface area contributed by atoms with E-state index in [1.807, 2.05) is 19.1 Å². The molecule has 0 radical (unpaired) electrons. The predicted molar refractivity (Wildman–Crippen MR) is 122 cm³/mol. The molecule has 0 amide bonds. The van der Waals surface area contributed by atoms with Gasteiger partial charge in [0.25, 0.3) is 10.0 Å². The van der Waals surface area contributed by atoms with Gasteiger partial charge >= 0.3 is 0 Å². The number of halogens is 1. The molecule has 0 saturated carbocycles. The van der Waals surface area contributed by atoms with Gasteiger partial charge in [0.05, 0.1) is 22.9 Å². The third-order valence-electron chi connectivity index (χ3n) is 4.53. The van der Waals surface area contributed by atoms with Crippen LogP contribution in [-0.4, -0.2) is 40.2 Å². The van der Waals surface area contributed by atoms with E-state index in [-0.39, 0.29) is 4.90 Å². The zero-order chi connectivity index (χ0) is 20.3. The number of hydrogen-bond acceptors (Lipinski definition) is 5. The standard InChI is InChI=1S/C20H26IN3O3S/c1-4-27-20-10-7-17(11-19(20)24-12-14(2)22-15(3)13-24)23-28(25,26)18-8-5-16(21)6-9-18/h5-11,14-15,22-23H,4,12-13H2,1-3H3. The molecule has 1 aliphatic rings. The molecule has 8 heteroatoms. The molecule has 0 aromatic heterocycles. The Hall–Kier alpha value is -1.52. The fourth-order valence-electron chi connectivity index (χ4n) is 3.46. The highest BCUT2D eigenvalue weighted by atomic mass is 127. The number of nitrogens with zero attached hydrogens (tertiary/aromatic N) is 1. The summed E-state index contributed by atoms with van der Waals surface area (Å²) in [5.41, 5.74) is 1.43. The molecule has 1 heterocycles. The van der Waals surface area contributed by atoms with E-state index in [0.29, 0.717) is 24.4 Å². The largest absolute Gasteiger partial charge is 0.492 e. The third kappa shape index (κ3) is 5.09. The lowest BCUT2D eigenvalue weighted by Gasteiger charge is -2.38. The van der Waals surface area contributed by atoms with Crippen LogP contribution in [0.4, 0.5) is 11.4 Å². The highest BCUT2D eigenvalue weighted by Gasteiger charge is 2.24. The van der Waals surface area contributed by atoms with Crippen molar-refractivity contribution in [2.75, 3.05) is 29.3 Å². The summed E-state index contributed by atoms with van der Waals surface area (Å²) in [4.78, 5) is 2.49. The zero-order valence-electron chi connectivity index (χ0n) is 16.3. The summed E-state index contributed by atoms with van der Waals surface area (Å²) in [5.74, 6) is 0.765. The van der Waals surface area contributed by atoms with Gasteiger partial charge in [-0.3, -0.25) is 4.72 Å². The predicted octanol–water partition coefficient (Wildman–Crippen LogP) is 3.68. The van der Waals surface area contributed by atoms with E-state index in [2.05, 4.69) is 51.4 Å². The molecule has 2 atom stereocenters. The number of sulfonamides is 1. The lowest BCUT2D eigenvalue weighted by Crippen LogP contribution is -2.54. The van der Waals surface area contributed by atoms with E-state index in [9.17, 15) is 8.42 Å². The Morgan fingerprint density at radius 2 is 1.79 bits per heavy atom. The second-order valence-corrected chi connectivity index (χ2v) is 9.98. The minimum atomic E-state index is -3.65. The van der Waals surface area contributed by atoms with Crippen molar-refractivity contribution in [1.29, 1.82) is 0 Å². The Morgan fingerprint density at radius 1 is 1.14 bits per heavy atom. The van der Waals surface area contributed by atoms with E-state index in [0.717, 1.165) is 28.1 Å².